The number of benzene rings is 1. The van der Waals surface area contributed by atoms with Crippen LogP contribution in [0, 0.1) is 20.8 Å². The van der Waals surface area contributed by atoms with Gasteiger partial charge in [0.2, 0.25) is 5.88 Å². The van der Waals surface area contributed by atoms with E-state index in [0.717, 1.165) is 39.5 Å². The maximum absolute atomic E-state index is 5.30. The molecule has 4 rings (SSSR count). The van der Waals surface area contributed by atoms with Crippen LogP contribution in [-0.4, -0.2) is 26.5 Å². The lowest BCUT2D eigenvalue weighted by atomic mass is 10.1. The summed E-state index contributed by atoms with van der Waals surface area (Å²) in [7, 11) is 1.62. The van der Waals surface area contributed by atoms with E-state index in [1.54, 1.807) is 7.11 Å². The van der Waals surface area contributed by atoms with Crippen molar-refractivity contribution in [2.24, 2.45) is 0 Å². The summed E-state index contributed by atoms with van der Waals surface area (Å²) in [4.78, 5) is 14.1. The van der Waals surface area contributed by atoms with E-state index in [-0.39, 0.29) is 0 Å². The fraction of sp³-hybridized carbons (Fsp3) is 0.211. The summed E-state index contributed by atoms with van der Waals surface area (Å²) in [5.41, 5.74) is 6.75. The molecule has 0 saturated carbocycles. The largest absolute Gasteiger partial charge is 0.481 e. The number of imidazole rings is 1. The Balaban J connectivity index is 2.16. The molecule has 0 atom stereocenters. The van der Waals surface area contributed by atoms with Gasteiger partial charge < -0.3 is 4.74 Å². The van der Waals surface area contributed by atoms with Crippen molar-refractivity contribution < 1.29 is 4.74 Å². The van der Waals surface area contributed by atoms with Crippen molar-refractivity contribution in [3.05, 3.63) is 53.3 Å². The maximum atomic E-state index is 5.30. The zero-order chi connectivity index (χ0) is 16.8. The topological polar surface area (TPSA) is 52.3 Å². The molecule has 0 aliphatic rings. The lowest BCUT2D eigenvalue weighted by Gasteiger charge is -2.09. The van der Waals surface area contributed by atoms with Gasteiger partial charge >= 0.3 is 0 Å². The summed E-state index contributed by atoms with van der Waals surface area (Å²) in [6, 6.07) is 12.1. The number of nitrogens with zero attached hydrogens (tertiary/aromatic N) is 4. The van der Waals surface area contributed by atoms with Crippen LogP contribution in [0.25, 0.3) is 28.1 Å². The Morgan fingerprint density at radius 3 is 2.25 bits per heavy atom. The molecule has 0 aliphatic heterocycles. The third kappa shape index (κ3) is 2.12. The molecule has 0 N–H and O–H groups in total. The highest BCUT2D eigenvalue weighted by Gasteiger charge is 2.17. The van der Waals surface area contributed by atoms with Crippen molar-refractivity contribution in [2.45, 2.75) is 20.8 Å². The van der Waals surface area contributed by atoms with Gasteiger partial charge in [-0.1, -0.05) is 29.8 Å². The molecule has 0 amide bonds. The van der Waals surface area contributed by atoms with Gasteiger partial charge in [0, 0.05) is 11.6 Å². The van der Waals surface area contributed by atoms with Crippen LogP contribution >= 0.6 is 0 Å². The number of hydrogen-bond donors (Lipinski definition) is 0. The highest BCUT2D eigenvalue weighted by molar-refractivity contribution is 5.81. The Labute approximate surface area is 140 Å². The van der Waals surface area contributed by atoms with E-state index >= 15 is 0 Å². The number of rotatable bonds is 2. The first-order chi connectivity index (χ1) is 11.6. The molecule has 0 radical (unpaired) electrons. The van der Waals surface area contributed by atoms with Crippen molar-refractivity contribution in [1.29, 1.82) is 0 Å². The van der Waals surface area contributed by atoms with Gasteiger partial charge in [0.05, 0.1) is 24.0 Å². The fourth-order valence-corrected chi connectivity index (χ4v) is 3.08. The molecule has 4 aromatic rings. The third-order valence-electron chi connectivity index (χ3n) is 4.24. The predicted octanol–water partition coefficient (Wildman–Crippen LogP) is 3.88. The molecular weight excluding hydrogens is 300 g/mol. The number of fused-ring (bicyclic) bond motifs is 3. The minimum atomic E-state index is 0.565. The number of hydrogen-bond acceptors (Lipinski definition) is 4. The average Bonchev–Trinajstić information content (AvgIpc) is 2.94. The SMILES string of the molecule is COc1ccc2nc(C)c3c(C)nc(-c4ccc(C)cc4)n3c2n1. The summed E-state index contributed by atoms with van der Waals surface area (Å²) < 4.78 is 7.38. The summed E-state index contributed by atoms with van der Waals surface area (Å²) >= 11 is 0. The second-order valence-electron chi connectivity index (χ2n) is 5.96. The lowest BCUT2D eigenvalue weighted by Crippen LogP contribution is -2.00. The van der Waals surface area contributed by atoms with Crippen LogP contribution in [0.3, 0.4) is 0 Å². The molecule has 0 aliphatic carbocycles. The van der Waals surface area contributed by atoms with Crippen molar-refractivity contribution in [1.82, 2.24) is 19.4 Å². The van der Waals surface area contributed by atoms with E-state index in [9.17, 15) is 0 Å². The maximum Gasteiger partial charge on any atom is 0.215 e. The Kier molecular flexibility index (Phi) is 3.23. The normalized spacial score (nSPS) is 11.3. The van der Waals surface area contributed by atoms with Crippen LogP contribution in [0.15, 0.2) is 36.4 Å². The fourth-order valence-electron chi connectivity index (χ4n) is 3.08. The molecule has 5 heteroatoms. The van der Waals surface area contributed by atoms with Gasteiger partial charge in [-0.25, -0.2) is 9.97 Å². The molecule has 0 spiro atoms. The highest BCUT2D eigenvalue weighted by atomic mass is 16.5. The van der Waals surface area contributed by atoms with Crippen molar-refractivity contribution in [3.63, 3.8) is 0 Å². The quantitative estimate of drug-likeness (QED) is 0.563. The van der Waals surface area contributed by atoms with Gasteiger partial charge in [0.1, 0.15) is 11.3 Å². The molecule has 5 nitrogen and oxygen atoms in total. The summed E-state index contributed by atoms with van der Waals surface area (Å²) in [6.45, 7) is 6.09. The molecule has 0 saturated heterocycles. The van der Waals surface area contributed by atoms with Crippen LogP contribution in [0.2, 0.25) is 0 Å². The van der Waals surface area contributed by atoms with E-state index in [0.29, 0.717) is 5.88 Å². The van der Waals surface area contributed by atoms with Crippen molar-refractivity contribution in [3.8, 4) is 17.3 Å². The van der Waals surface area contributed by atoms with Crippen LogP contribution in [0.5, 0.6) is 5.88 Å². The summed E-state index contributed by atoms with van der Waals surface area (Å²) in [6.07, 6.45) is 0. The number of ether oxygens (including phenoxy) is 1. The second kappa shape index (κ2) is 5.30. The third-order valence-corrected chi connectivity index (χ3v) is 4.24. The zero-order valence-corrected chi connectivity index (χ0v) is 14.2. The second-order valence-corrected chi connectivity index (χ2v) is 5.96. The van der Waals surface area contributed by atoms with Gasteiger partial charge in [-0.2, -0.15) is 4.98 Å². The number of pyridine rings is 1. The van der Waals surface area contributed by atoms with Crippen LogP contribution in [0.4, 0.5) is 0 Å². The predicted molar refractivity (Wildman–Crippen MR) is 94.5 cm³/mol. The average molecular weight is 318 g/mol. The molecular formula is C19H18N4O. The van der Waals surface area contributed by atoms with Gasteiger partial charge in [-0.05, 0) is 26.8 Å². The Hall–Kier alpha value is -2.95. The van der Waals surface area contributed by atoms with Gasteiger partial charge in [-0.15, -0.1) is 0 Å². The molecule has 0 unspecified atom stereocenters. The highest BCUT2D eigenvalue weighted by Crippen LogP contribution is 2.28. The van der Waals surface area contributed by atoms with E-state index in [4.69, 9.17) is 9.72 Å². The first kappa shape index (κ1) is 14.6. The van der Waals surface area contributed by atoms with Crippen LogP contribution in [0.1, 0.15) is 17.0 Å². The number of methoxy groups -OCH3 is 1. The Bertz CT molecular complexity index is 1060. The minimum absolute atomic E-state index is 0.565. The molecule has 0 bridgehead atoms. The first-order valence-corrected chi connectivity index (χ1v) is 7.86. The van der Waals surface area contributed by atoms with Crippen LogP contribution < -0.4 is 4.74 Å². The Morgan fingerprint density at radius 1 is 0.833 bits per heavy atom. The standard InChI is InChI=1S/C19H18N4O/c1-11-5-7-14(8-6-11)18-21-13(3)17-12(2)20-15-9-10-16(24-4)22-19(15)23(17)18/h5-10H,1-4H3. The van der Waals surface area contributed by atoms with Crippen molar-refractivity contribution >= 4 is 16.7 Å². The van der Waals surface area contributed by atoms with E-state index < -0.39 is 0 Å². The van der Waals surface area contributed by atoms with E-state index in [1.165, 1.54) is 5.56 Å². The number of aryl methyl sites for hydroxylation is 3. The van der Waals surface area contributed by atoms with Crippen molar-refractivity contribution in [2.75, 3.05) is 7.11 Å². The van der Waals surface area contributed by atoms with E-state index in [1.807, 2.05) is 26.0 Å². The Morgan fingerprint density at radius 2 is 1.54 bits per heavy atom. The first-order valence-electron chi connectivity index (χ1n) is 7.86. The molecule has 1 aromatic carbocycles. The smallest absolute Gasteiger partial charge is 0.215 e. The molecule has 24 heavy (non-hydrogen) atoms. The molecule has 0 fully saturated rings. The lowest BCUT2D eigenvalue weighted by molar-refractivity contribution is 0.399. The summed E-state index contributed by atoms with van der Waals surface area (Å²) in [5, 5.41) is 0. The minimum Gasteiger partial charge on any atom is -0.481 e. The van der Waals surface area contributed by atoms with Gasteiger partial charge in [-0.3, -0.25) is 4.40 Å². The monoisotopic (exact) mass is 318 g/mol. The molecule has 120 valence electrons. The van der Waals surface area contributed by atoms with Gasteiger partial charge in [0.25, 0.3) is 0 Å². The van der Waals surface area contributed by atoms with Gasteiger partial charge in [0.15, 0.2) is 5.65 Å². The van der Waals surface area contributed by atoms with Crippen LogP contribution in [-0.2, 0) is 0 Å². The summed E-state index contributed by atoms with van der Waals surface area (Å²) in [5.74, 6) is 1.44. The molecule has 3 aromatic heterocycles. The van der Waals surface area contributed by atoms with E-state index in [2.05, 4.69) is 45.6 Å². The molecule has 3 heterocycles. The zero-order valence-electron chi connectivity index (χ0n) is 14.2. The number of aromatic nitrogens is 4.